The lowest BCUT2D eigenvalue weighted by Gasteiger charge is -2.67. The second-order valence-corrected chi connectivity index (χ2v) is 3.73. The molecule has 3 saturated carbocycles. The molecule has 0 saturated heterocycles. The highest BCUT2D eigenvalue weighted by molar-refractivity contribution is 5.85. The van der Waals surface area contributed by atoms with E-state index in [-0.39, 0.29) is 29.3 Å². The molecule has 0 aromatic heterocycles. The molecule has 3 N–H and O–H groups in total. The van der Waals surface area contributed by atoms with E-state index in [0.717, 1.165) is 19.3 Å². The molecule has 0 radical (unpaired) electrons. The molecule has 0 spiro atoms. The average molecular weight is 193 g/mol. The van der Waals surface area contributed by atoms with Gasteiger partial charge in [-0.1, -0.05) is 0 Å². The molecular weight excluding hydrogens is 180 g/mol. The lowest BCUT2D eigenvalue weighted by atomic mass is 9.39. The summed E-state index contributed by atoms with van der Waals surface area (Å²) in [4.78, 5) is 11.1. The molecule has 0 amide bonds. The van der Waals surface area contributed by atoms with Crippen LogP contribution in [0.3, 0.4) is 0 Å². The Morgan fingerprint density at radius 3 is 2.33 bits per heavy atom. The molecule has 0 heterocycles. The summed E-state index contributed by atoms with van der Waals surface area (Å²) < 4.78 is 4.68. The Kier molecular flexibility index (Phi) is 2.10. The quantitative estimate of drug-likeness (QED) is 0.366. The third-order valence-corrected chi connectivity index (χ3v) is 2.95. The van der Waals surface area contributed by atoms with Gasteiger partial charge in [0.15, 0.2) is 0 Å². The van der Waals surface area contributed by atoms with Gasteiger partial charge in [-0.2, -0.15) is 0 Å². The molecule has 12 heavy (non-hydrogen) atoms. The summed E-state index contributed by atoms with van der Waals surface area (Å²) in [6.45, 7) is 0. The van der Waals surface area contributed by atoms with E-state index in [1.165, 1.54) is 7.11 Å². The van der Waals surface area contributed by atoms with Gasteiger partial charge in [-0.25, -0.2) is 0 Å². The molecule has 3 fully saturated rings. The number of nitrogens with two attached hydrogens (primary N) is 1. The van der Waals surface area contributed by atoms with E-state index in [9.17, 15) is 4.79 Å². The first kappa shape index (κ1) is 9.77. The van der Waals surface area contributed by atoms with E-state index in [4.69, 9.17) is 5.84 Å². The first-order valence-electron chi connectivity index (χ1n) is 3.73. The molecule has 70 valence electrons. The van der Waals surface area contributed by atoms with E-state index in [1.807, 2.05) is 0 Å². The van der Waals surface area contributed by atoms with Crippen LogP contribution >= 0.6 is 12.4 Å². The smallest absolute Gasteiger partial charge is 0.312 e. The maximum absolute atomic E-state index is 11.1. The van der Waals surface area contributed by atoms with Crippen molar-refractivity contribution in [1.29, 1.82) is 0 Å². The predicted octanol–water partition coefficient (Wildman–Crippen LogP) is -0.0328. The second-order valence-electron chi connectivity index (χ2n) is 3.73. The van der Waals surface area contributed by atoms with Gasteiger partial charge in [0.05, 0.1) is 12.5 Å². The van der Waals surface area contributed by atoms with Crippen molar-refractivity contribution in [2.75, 3.05) is 7.11 Å². The highest BCUT2D eigenvalue weighted by atomic mass is 35.5. The monoisotopic (exact) mass is 192 g/mol. The summed E-state index contributed by atoms with van der Waals surface area (Å²) in [5, 5.41) is 0. The Hall–Kier alpha value is -0.320. The lowest BCUT2D eigenvalue weighted by Crippen LogP contribution is -2.77. The molecular formula is C7H13ClN2O2. The molecule has 0 aliphatic heterocycles. The summed E-state index contributed by atoms with van der Waals surface area (Å²) in [5.41, 5.74) is 2.65. The number of halogens is 1. The van der Waals surface area contributed by atoms with Crippen molar-refractivity contribution in [2.45, 2.75) is 24.8 Å². The summed E-state index contributed by atoms with van der Waals surface area (Å²) in [6.07, 6.45) is 2.55. The fourth-order valence-corrected chi connectivity index (χ4v) is 2.37. The number of nitrogens with one attached hydrogen (secondary N) is 1. The van der Waals surface area contributed by atoms with Crippen molar-refractivity contribution in [3.8, 4) is 0 Å². The van der Waals surface area contributed by atoms with E-state index < -0.39 is 0 Å². The number of methoxy groups -OCH3 is 1. The fourth-order valence-electron chi connectivity index (χ4n) is 2.37. The molecule has 2 bridgehead atoms. The number of hydrogen-bond acceptors (Lipinski definition) is 4. The van der Waals surface area contributed by atoms with Crippen molar-refractivity contribution >= 4 is 18.4 Å². The van der Waals surface area contributed by atoms with Crippen LogP contribution in [0, 0.1) is 5.41 Å². The van der Waals surface area contributed by atoms with Crippen LogP contribution in [0.15, 0.2) is 0 Å². The first-order chi connectivity index (χ1) is 5.16. The maximum atomic E-state index is 11.1. The van der Waals surface area contributed by atoms with Gasteiger partial charge in [0.2, 0.25) is 0 Å². The van der Waals surface area contributed by atoms with Crippen LogP contribution < -0.4 is 11.3 Å². The van der Waals surface area contributed by atoms with Crippen LogP contribution in [0.1, 0.15) is 19.3 Å². The molecule has 0 aromatic carbocycles. The van der Waals surface area contributed by atoms with Gasteiger partial charge >= 0.3 is 5.97 Å². The number of rotatable bonds is 2. The van der Waals surface area contributed by atoms with Crippen LogP contribution in [0.5, 0.6) is 0 Å². The molecule has 3 aliphatic rings. The van der Waals surface area contributed by atoms with Gasteiger partial charge in [-0.05, 0) is 19.3 Å². The number of carbonyl (C=O) groups is 1. The zero-order valence-corrected chi connectivity index (χ0v) is 7.74. The largest absolute Gasteiger partial charge is 0.469 e. The third-order valence-electron chi connectivity index (χ3n) is 2.95. The minimum absolute atomic E-state index is 0. The predicted molar refractivity (Wildman–Crippen MR) is 45.6 cm³/mol. The van der Waals surface area contributed by atoms with Crippen molar-refractivity contribution < 1.29 is 9.53 Å². The average Bonchev–Trinajstić information content (AvgIpc) is 1.83. The molecule has 0 atom stereocenters. The van der Waals surface area contributed by atoms with Gasteiger partial charge in [-0.15, -0.1) is 12.4 Å². The normalized spacial score (nSPS) is 41.8. The van der Waals surface area contributed by atoms with Crippen LogP contribution in [0.2, 0.25) is 0 Å². The van der Waals surface area contributed by atoms with Crippen molar-refractivity contribution in [3.05, 3.63) is 0 Å². The van der Waals surface area contributed by atoms with Gasteiger partial charge < -0.3 is 4.74 Å². The fraction of sp³-hybridized carbons (Fsp3) is 0.857. The number of hydrogen-bond donors (Lipinski definition) is 2. The van der Waals surface area contributed by atoms with Crippen molar-refractivity contribution in [3.63, 3.8) is 0 Å². The van der Waals surface area contributed by atoms with E-state index in [2.05, 4.69) is 10.2 Å². The Morgan fingerprint density at radius 2 is 2.00 bits per heavy atom. The maximum Gasteiger partial charge on any atom is 0.312 e. The molecule has 3 rings (SSSR count). The van der Waals surface area contributed by atoms with Gasteiger partial charge in [0.25, 0.3) is 0 Å². The molecule has 5 heteroatoms. The molecule has 4 nitrogen and oxygen atoms in total. The van der Waals surface area contributed by atoms with E-state index in [1.54, 1.807) is 0 Å². The number of hydrazine groups is 1. The van der Waals surface area contributed by atoms with Gasteiger partial charge in [0.1, 0.15) is 0 Å². The van der Waals surface area contributed by atoms with Gasteiger partial charge in [0, 0.05) is 5.54 Å². The summed E-state index contributed by atoms with van der Waals surface area (Å²) in [5.74, 6) is 5.23. The molecule has 0 aromatic rings. The zero-order valence-electron chi connectivity index (χ0n) is 6.92. The third kappa shape index (κ3) is 0.887. The lowest BCUT2D eigenvalue weighted by molar-refractivity contribution is -0.202. The van der Waals surface area contributed by atoms with Crippen LogP contribution in [0.25, 0.3) is 0 Å². The number of esters is 1. The topological polar surface area (TPSA) is 64.3 Å². The van der Waals surface area contributed by atoms with Crippen LogP contribution in [0.4, 0.5) is 0 Å². The number of ether oxygens (including phenoxy) is 1. The number of carbonyl (C=O) groups excluding carboxylic acids is 1. The highest BCUT2D eigenvalue weighted by Crippen LogP contribution is 2.67. The first-order valence-corrected chi connectivity index (χ1v) is 3.73. The summed E-state index contributed by atoms with van der Waals surface area (Å²) in [6, 6.07) is 0. The SMILES string of the molecule is COC(=O)C12CC(NN)(C1)C2.Cl. The van der Waals surface area contributed by atoms with E-state index >= 15 is 0 Å². The minimum atomic E-state index is -0.166. The standard InChI is InChI=1S/C7H12N2O2.ClH/c1-11-5(10)6-2-7(3-6,4-6)9-8;/h9H,2-4,8H2,1H3;1H. The Bertz CT molecular complexity index is 200. The van der Waals surface area contributed by atoms with Crippen molar-refractivity contribution in [2.24, 2.45) is 11.3 Å². The van der Waals surface area contributed by atoms with Gasteiger partial charge in [-0.3, -0.25) is 16.1 Å². The zero-order chi connectivity index (χ0) is 8.11. The van der Waals surface area contributed by atoms with Crippen molar-refractivity contribution in [1.82, 2.24) is 5.43 Å². The minimum Gasteiger partial charge on any atom is -0.469 e. The Balaban J connectivity index is 0.000000720. The van der Waals surface area contributed by atoms with Crippen LogP contribution in [-0.2, 0) is 9.53 Å². The molecule has 0 unspecified atom stereocenters. The Labute approximate surface area is 77.2 Å². The summed E-state index contributed by atoms with van der Waals surface area (Å²) in [7, 11) is 1.44. The van der Waals surface area contributed by atoms with Crippen LogP contribution in [-0.4, -0.2) is 18.6 Å². The molecule has 3 aliphatic carbocycles. The Morgan fingerprint density at radius 1 is 1.50 bits per heavy atom. The second kappa shape index (κ2) is 2.58. The summed E-state index contributed by atoms with van der Waals surface area (Å²) >= 11 is 0. The van der Waals surface area contributed by atoms with E-state index in [0.29, 0.717) is 0 Å². The highest BCUT2D eigenvalue weighted by Gasteiger charge is 2.72.